The highest BCUT2D eigenvalue weighted by Crippen LogP contribution is 2.61. The fourth-order valence-electron chi connectivity index (χ4n) is 7.57. The van der Waals surface area contributed by atoms with E-state index < -0.39 is 35.6 Å². The second kappa shape index (κ2) is 14.0. The molecule has 1 spiro atoms. The number of carbonyl (C=O) groups excluding carboxylic acids is 3. The topological polar surface area (TPSA) is 90.4 Å². The summed E-state index contributed by atoms with van der Waals surface area (Å²) < 4.78 is 6.79. The van der Waals surface area contributed by atoms with Crippen molar-refractivity contribution in [2.75, 3.05) is 19.7 Å². The predicted octanol–water partition coefficient (Wildman–Crippen LogP) is 4.57. The Morgan fingerprint density at radius 1 is 1.02 bits per heavy atom. The third kappa shape index (κ3) is 6.02. The van der Waals surface area contributed by atoms with E-state index in [2.05, 4.69) is 29.1 Å². The first kappa shape index (κ1) is 33.1. The predicted molar refractivity (Wildman–Crippen MR) is 177 cm³/mol. The summed E-state index contributed by atoms with van der Waals surface area (Å²) in [5, 5.41) is 10.7. The van der Waals surface area contributed by atoms with Crippen LogP contribution in [0.4, 0.5) is 0 Å². The summed E-state index contributed by atoms with van der Waals surface area (Å²) in [6.07, 6.45) is 3.89. The molecule has 45 heavy (non-hydrogen) atoms. The second-order valence-corrected chi connectivity index (χ2v) is 13.7. The van der Waals surface area contributed by atoms with Crippen molar-refractivity contribution in [1.29, 1.82) is 0 Å². The Morgan fingerprint density at radius 2 is 1.56 bits per heavy atom. The molecule has 5 rings (SSSR count). The van der Waals surface area contributed by atoms with E-state index in [4.69, 9.17) is 4.74 Å². The number of aliphatic hydroxyl groups excluding tert-OH is 1. The van der Waals surface area contributed by atoms with Crippen LogP contribution in [0.3, 0.4) is 0 Å². The largest absolute Gasteiger partial charge is 0.394 e. The molecule has 2 aromatic carbocycles. The number of carbonyl (C=O) groups is 3. The van der Waals surface area contributed by atoms with Crippen molar-refractivity contribution in [2.45, 2.75) is 68.4 Å². The standard InChI is InChI=1S/C36H44BrN3O5/c1-5-18-38(21-25-14-10-8-11-15-25)33(42)29-30-34(43)40(28(23-41)24(4)7-3)32(36(30)20-27(37)31(29)45-36)35(44)39(19-6-2)22-26-16-12-9-13-17-26/h5-6,8-17,24,27-32,41H,1-2,7,18-23H2,3-4H3/t24-,27?,28-,29-,30-,31-,32?,36?/m0/s1. The van der Waals surface area contributed by atoms with Gasteiger partial charge in [-0.15, -0.1) is 13.2 Å². The number of benzene rings is 2. The van der Waals surface area contributed by atoms with Crippen molar-refractivity contribution in [3.8, 4) is 0 Å². The number of fused-ring (bicyclic) bond motifs is 1. The van der Waals surface area contributed by atoms with Crippen LogP contribution >= 0.6 is 15.9 Å². The Morgan fingerprint density at radius 3 is 2.04 bits per heavy atom. The van der Waals surface area contributed by atoms with Crippen LogP contribution < -0.4 is 0 Å². The smallest absolute Gasteiger partial charge is 0.249 e. The lowest BCUT2D eigenvalue weighted by atomic mass is 9.70. The van der Waals surface area contributed by atoms with Crippen LogP contribution in [0, 0.1) is 17.8 Å². The molecule has 0 radical (unpaired) electrons. The van der Waals surface area contributed by atoms with Gasteiger partial charge in [0.05, 0.1) is 30.6 Å². The fourth-order valence-corrected chi connectivity index (χ4v) is 8.51. The summed E-state index contributed by atoms with van der Waals surface area (Å²) >= 11 is 3.79. The van der Waals surface area contributed by atoms with Crippen molar-refractivity contribution >= 4 is 33.7 Å². The van der Waals surface area contributed by atoms with Crippen molar-refractivity contribution in [1.82, 2.24) is 14.7 Å². The van der Waals surface area contributed by atoms with Gasteiger partial charge in [-0.25, -0.2) is 0 Å². The average Bonchev–Trinajstić information content (AvgIpc) is 3.64. The Balaban J connectivity index is 1.58. The number of alkyl halides is 1. The first-order valence-electron chi connectivity index (χ1n) is 15.8. The second-order valence-electron chi connectivity index (χ2n) is 12.5. The maximum Gasteiger partial charge on any atom is 0.249 e. The Kier molecular flexibility index (Phi) is 10.3. The van der Waals surface area contributed by atoms with Gasteiger partial charge < -0.3 is 24.5 Å². The number of rotatable bonds is 14. The van der Waals surface area contributed by atoms with Gasteiger partial charge in [0.2, 0.25) is 17.7 Å². The van der Waals surface area contributed by atoms with Crippen molar-refractivity contribution in [2.24, 2.45) is 17.8 Å². The highest BCUT2D eigenvalue weighted by Gasteiger charge is 2.77. The minimum atomic E-state index is -1.23. The van der Waals surface area contributed by atoms with E-state index in [1.165, 1.54) is 0 Å². The van der Waals surface area contributed by atoms with E-state index in [1.54, 1.807) is 26.9 Å². The molecule has 2 aromatic rings. The highest BCUT2D eigenvalue weighted by molar-refractivity contribution is 9.09. The van der Waals surface area contributed by atoms with E-state index in [0.717, 1.165) is 11.1 Å². The van der Waals surface area contributed by atoms with Gasteiger partial charge in [-0.05, 0) is 23.5 Å². The lowest BCUT2D eigenvalue weighted by molar-refractivity contribution is -0.153. The SMILES string of the molecule is C=CCN(Cc1ccccc1)C(=O)C1N([C@@H](CO)[C@@H](C)CC)C(=O)[C@@H]2[C@H](C(=O)N(CC=C)Cc3ccccc3)[C@H]3OC12CC3Br. The van der Waals surface area contributed by atoms with Crippen LogP contribution in [0.25, 0.3) is 0 Å². The maximum absolute atomic E-state index is 14.8. The third-order valence-corrected chi connectivity index (χ3v) is 10.7. The minimum absolute atomic E-state index is 0.0899. The summed E-state index contributed by atoms with van der Waals surface area (Å²) in [7, 11) is 0. The molecule has 8 nitrogen and oxygen atoms in total. The molecular weight excluding hydrogens is 634 g/mol. The molecule has 0 aliphatic carbocycles. The van der Waals surface area contributed by atoms with Crippen molar-refractivity contribution in [3.05, 3.63) is 97.1 Å². The minimum Gasteiger partial charge on any atom is -0.394 e. The van der Waals surface area contributed by atoms with Crippen molar-refractivity contribution in [3.63, 3.8) is 0 Å². The van der Waals surface area contributed by atoms with E-state index in [0.29, 0.717) is 32.5 Å². The molecule has 3 saturated heterocycles. The number of nitrogens with zero attached hydrogens (tertiary/aromatic N) is 3. The molecule has 3 aliphatic heterocycles. The molecule has 3 fully saturated rings. The monoisotopic (exact) mass is 677 g/mol. The number of hydrogen-bond donors (Lipinski definition) is 1. The summed E-state index contributed by atoms with van der Waals surface area (Å²) in [4.78, 5) is 48.8. The number of likely N-dealkylation sites (tertiary alicyclic amines) is 1. The lowest BCUT2D eigenvalue weighted by Crippen LogP contribution is -2.59. The quantitative estimate of drug-likeness (QED) is 0.234. The zero-order valence-electron chi connectivity index (χ0n) is 26.1. The Labute approximate surface area is 274 Å². The van der Waals surface area contributed by atoms with Crippen LogP contribution in [0.1, 0.15) is 37.8 Å². The molecule has 2 bridgehead atoms. The number of aliphatic hydroxyl groups is 1. The summed E-state index contributed by atoms with van der Waals surface area (Å²) in [6.45, 7) is 12.7. The first-order chi connectivity index (χ1) is 21.7. The van der Waals surface area contributed by atoms with E-state index in [-0.39, 0.29) is 41.6 Å². The molecule has 0 saturated carbocycles. The average molecular weight is 679 g/mol. The van der Waals surface area contributed by atoms with Crippen molar-refractivity contribution < 1.29 is 24.2 Å². The van der Waals surface area contributed by atoms with Crippen LogP contribution in [-0.2, 0) is 32.2 Å². The summed E-state index contributed by atoms with van der Waals surface area (Å²) in [5.41, 5.74) is 0.686. The number of halogens is 1. The van der Waals surface area contributed by atoms with Gasteiger partial charge in [0.25, 0.3) is 0 Å². The van der Waals surface area contributed by atoms with Gasteiger partial charge >= 0.3 is 0 Å². The van der Waals surface area contributed by atoms with E-state index in [1.807, 2.05) is 74.5 Å². The van der Waals surface area contributed by atoms with E-state index in [9.17, 15) is 19.5 Å². The van der Waals surface area contributed by atoms with Gasteiger partial charge in [0.1, 0.15) is 11.6 Å². The zero-order chi connectivity index (χ0) is 32.3. The maximum atomic E-state index is 14.8. The molecule has 8 atom stereocenters. The summed E-state index contributed by atoms with van der Waals surface area (Å²) in [5.74, 6) is -2.51. The molecular formula is C36H44BrN3O5. The number of ether oxygens (including phenoxy) is 1. The fraction of sp³-hybridized carbons (Fsp3) is 0.472. The highest BCUT2D eigenvalue weighted by atomic mass is 79.9. The van der Waals surface area contributed by atoms with E-state index >= 15 is 0 Å². The molecule has 3 aliphatic rings. The molecule has 240 valence electrons. The van der Waals surface area contributed by atoms with Gasteiger partial charge in [-0.1, -0.05) is 109 Å². The normalized spacial score (nSPS) is 28.0. The van der Waals surface area contributed by atoms with Crippen LogP contribution in [-0.4, -0.2) is 85.8 Å². The number of hydrogen-bond acceptors (Lipinski definition) is 5. The van der Waals surface area contributed by atoms with Gasteiger partial charge in [0, 0.05) is 31.0 Å². The van der Waals surface area contributed by atoms with Crippen LogP contribution in [0.15, 0.2) is 86.0 Å². The van der Waals surface area contributed by atoms with Gasteiger partial charge in [-0.3, -0.25) is 14.4 Å². The molecule has 3 amide bonds. The van der Waals surface area contributed by atoms with Gasteiger partial charge in [-0.2, -0.15) is 0 Å². The van der Waals surface area contributed by atoms with Crippen LogP contribution in [0.2, 0.25) is 0 Å². The number of amides is 3. The lowest BCUT2D eigenvalue weighted by Gasteiger charge is -2.41. The zero-order valence-corrected chi connectivity index (χ0v) is 27.7. The molecule has 0 aromatic heterocycles. The van der Waals surface area contributed by atoms with Crippen LogP contribution in [0.5, 0.6) is 0 Å². The molecule has 3 unspecified atom stereocenters. The van der Waals surface area contributed by atoms with Gasteiger partial charge in [0.15, 0.2) is 0 Å². The molecule has 3 heterocycles. The third-order valence-electron chi connectivity index (χ3n) is 9.85. The summed E-state index contributed by atoms with van der Waals surface area (Å²) in [6, 6.07) is 17.8. The molecule has 9 heteroatoms. The Bertz CT molecular complexity index is 1390. The Hall–Kier alpha value is -3.27. The first-order valence-corrected chi connectivity index (χ1v) is 16.8. The molecule has 1 N–H and O–H groups in total.